The number of hydrogen-bond acceptors (Lipinski definition) is 3. The standard InChI is InChI=1S/C33H58O3Si/c1-13-34-23(3)35-29-19-21-33(10)27-18-20-32(9)25(22(2)36-37(11,12)30(4,5)6)15-16-26(32)24(27)14-17-28(33)31(29,7)8/h16,22-23,25,28-29H,13-15,17-21H2,1-12H3/t22-,23?,25+,28-,29-,32+,33+/m0/s1. The topological polar surface area (TPSA) is 27.7 Å². The fourth-order valence-electron chi connectivity index (χ4n) is 8.88. The molecule has 4 aliphatic rings. The highest BCUT2D eigenvalue weighted by Gasteiger charge is 2.58. The molecule has 0 amide bonds. The summed E-state index contributed by atoms with van der Waals surface area (Å²) >= 11 is 0. The number of fused-ring (bicyclic) bond motifs is 4. The Morgan fingerprint density at radius 2 is 1.68 bits per heavy atom. The van der Waals surface area contributed by atoms with Crippen LogP contribution in [0.5, 0.6) is 0 Å². The SMILES string of the molecule is CCOC(C)O[C@H]1CC[C@]2(C)C3=C(CC[C@H]2C1(C)C)C1=CC[C@H]([C@H](C)O[Si](C)(C)C(C)(C)C)[C@@]1(C)CC3. The van der Waals surface area contributed by atoms with Crippen LogP contribution in [0.15, 0.2) is 22.8 Å². The second-order valence-electron chi connectivity index (χ2n) is 15.4. The van der Waals surface area contributed by atoms with Gasteiger partial charge in [-0.3, -0.25) is 0 Å². The third-order valence-electron chi connectivity index (χ3n) is 12.0. The van der Waals surface area contributed by atoms with Crippen molar-refractivity contribution in [2.24, 2.45) is 28.1 Å². The van der Waals surface area contributed by atoms with Crippen molar-refractivity contribution in [1.29, 1.82) is 0 Å². The van der Waals surface area contributed by atoms with Gasteiger partial charge in [0.1, 0.15) is 0 Å². The number of ether oxygens (including phenoxy) is 2. The van der Waals surface area contributed by atoms with Crippen LogP contribution in [0, 0.1) is 28.1 Å². The van der Waals surface area contributed by atoms with Crippen molar-refractivity contribution < 1.29 is 13.9 Å². The van der Waals surface area contributed by atoms with E-state index in [0.717, 1.165) is 6.42 Å². The molecule has 4 heteroatoms. The molecular weight excluding hydrogens is 472 g/mol. The fourth-order valence-corrected chi connectivity index (χ4v) is 10.3. The Bertz CT molecular complexity index is 924. The maximum Gasteiger partial charge on any atom is 0.192 e. The molecule has 0 N–H and O–H groups in total. The molecule has 0 aromatic rings. The van der Waals surface area contributed by atoms with E-state index in [9.17, 15) is 0 Å². The van der Waals surface area contributed by atoms with Gasteiger partial charge in [0.25, 0.3) is 0 Å². The van der Waals surface area contributed by atoms with Gasteiger partial charge in [-0.15, -0.1) is 0 Å². The third-order valence-corrected chi connectivity index (χ3v) is 16.6. The Balaban J connectivity index is 1.57. The Kier molecular flexibility index (Phi) is 7.90. The number of rotatable bonds is 7. The molecule has 3 nitrogen and oxygen atoms in total. The molecule has 37 heavy (non-hydrogen) atoms. The zero-order chi connectivity index (χ0) is 27.6. The summed E-state index contributed by atoms with van der Waals surface area (Å²) in [5, 5.41) is 0.252. The van der Waals surface area contributed by atoms with Crippen LogP contribution in [-0.2, 0) is 13.9 Å². The average Bonchev–Trinajstić information content (AvgIpc) is 3.12. The molecule has 7 atom stereocenters. The molecule has 4 aliphatic carbocycles. The molecule has 0 aromatic carbocycles. The minimum Gasteiger partial charge on any atom is -0.414 e. The van der Waals surface area contributed by atoms with Gasteiger partial charge in [-0.2, -0.15) is 0 Å². The van der Waals surface area contributed by atoms with E-state index in [1.54, 1.807) is 16.7 Å². The van der Waals surface area contributed by atoms with E-state index in [2.05, 4.69) is 88.4 Å². The Labute approximate surface area is 230 Å². The minimum absolute atomic E-state index is 0.122. The van der Waals surface area contributed by atoms with Crippen molar-refractivity contribution in [3.8, 4) is 0 Å². The van der Waals surface area contributed by atoms with Crippen molar-refractivity contribution in [1.82, 2.24) is 0 Å². The molecule has 4 rings (SSSR count). The second-order valence-corrected chi connectivity index (χ2v) is 20.2. The molecule has 0 heterocycles. The molecular formula is C33H58O3Si. The number of allylic oxidation sites excluding steroid dienone is 4. The van der Waals surface area contributed by atoms with Crippen molar-refractivity contribution in [2.75, 3.05) is 6.61 Å². The van der Waals surface area contributed by atoms with Crippen LogP contribution in [0.1, 0.15) is 114 Å². The van der Waals surface area contributed by atoms with E-state index >= 15 is 0 Å². The van der Waals surface area contributed by atoms with Crippen molar-refractivity contribution in [2.45, 2.75) is 151 Å². The molecule has 0 aromatic heterocycles. The second kappa shape index (κ2) is 9.89. The van der Waals surface area contributed by atoms with Crippen molar-refractivity contribution in [3.05, 3.63) is 22.8 Å². The summed E-state index contributed by atoms with van der Waals surface area (Å²) in [4.78, 5) is 0. The van der Waals surface area contributed by atoms with Crippen LogP contribution >= 0.6 is 0 Å². The summed E-state index contributed by atoms with van der Waals surface area (Å²) in [5.74, 6) is 1.26. The largest absolute Gasteiger partial charge is 0.414 e. The van der Waals surface area contributed by atoms with Gasteiger partial charge in [0, 0.05) is 12.7 Å². The van der Waals surface area contributed by atoms with E-state index in [0.29, 0.717) is 24.5 Å². The molecule has 0 aliphatic heterocycles. The monoisotopic (exact) mass is 530 g/mol. The van der Waals surface area contributed by atoms with Crippen LogP contribution in [0.2, 0.25) is 18.1 Å². The van der Waals surface area contributed by atoms with E-state index in [1.807, 2.05) is 0 Å². The maximum absolute atomic E-state index is 7.00. The Hall–Kier alpha value is -0.423. The molecule has 0 spiro atoms. The average molecular weight is 531 g/mol. The summed E-state index contributed by atoms with van der Waals surface area (Å²) in [5.41, 5.74) is 5.94. The van der Waals surface area contributed by atoms with Gasteiger partial charge in [-0.1, -0.05) is 60.1 Å². The van der Waals surface area contributed by atoms with E-state index < -0.39 is 8.32 Å². The van der Waals surface area contributed by atoms with Crippen molar-refractivity contribution >= 4 is 8.32 Å². The molecule has 1 saturated carbocycles. The zero-order valence-electron chi connectivity index (χ0n) is 26.3. The van der Waals surface area contributed by atoms with E-state index in [4.69, 9.17) is 13.9 Å². The highest BCUT2D eigenvalue weighted by Crippen LogP contribution is 2.66. The molecule has 0 radical (unpaired) electrons. The predicted molar refractivity (Wildman–Crippen MR) is 158 cm³/mol. The smallest absolute Gasteiger partial charge is 0.192 e. The summed E-state index contributed by atoms with van der Waals surface area (Å²) in [6.45, 7) is 29.2. The van der Waals surface area contributed by atoms with Gasteiger partial charge < -0.3 is 13.9 Å². The molecule has 1 fully saturated rings. The van der Waals surface area contributed by atoms with Crippen LogP contribution in [0.25, 0.3) is 0 Å². The zero-order valence-corrected chi connectivity index (χ0v) is 27.3. The highest BCUT2D eigenvalue weighted by atomic mass is 28.4. The first-order chi connectivity index (χ1) is 17.0. The van der Waals surface area contributed by atoms with E-state index in [1.165, 1.54) is 38.5 Å². The lowest BCUT2D eigenvalue weighted by Crippen LogP contribution is -2.54. The molecule has 1 unspecified atom stereocenters. The summed E-state index contributed by atoms with van der Waals surface area (Å²) in [7, 11) is -1.79. The third kappa shape index (κ3) is 4.89. The van der Waals surface area contributed by atoms with Gasteiger partial charge >= 0.3 is 0 Å². The first-order valence-electron chi connectivity index (χ1n) is 15.4. The highest BCUT2D eigenvalue weighted by molar-refractivity contribution is 6.74. The minimum atomic E-state index is -1.79. The fraction of sp³-hybridized carbons (Fsp3) is 0.879. The summed E-state index contributed by atoms with van der Waals surface area (Å²) < 4.78 is 19.3. The first-order valence-corrected chi connectivity index (χ1v) is 18.3. The van der Waals surface area contributed by atoms with Gasteiger partial charge in [0.05, 0.1) is 6.10 Å². The summed E-state index contributed by atoms with van der Waals surface area (Å²) in [6, 6.07) is 0. The van der Waals surface area contributed by atoms with Crippen LogP contribution in [-0.4, -0.2) is 33.4 Å². The first kappa shape index (κ1) is 29.6. The van der Waals surface area contributed by atoms with Crippen LogP contribution < -0.4 is 0 Å². The van der Waals surface area contributed by atoms with Crippen molar-refractivity contribution in [3.63, 3.8) is 0 Å². The molecule has 212 valence electrons. The number of hydrogen-bond donors (Lipinski definition) is 0. The quantitative estimate of drug-likeness (QED) is 0.242. The van der Waals surface area contributed by atoms with Crippen LogP contribution in [0.3, 0.4) is 0 Å². The summed E-state index contributed by atoms with van der Waals surface area (Å²) in [6.07, 6.45) is 11.7. The van der Waals surface area contributed by atoms with Gasteiger partial charge in [0.15, 0.2) is 14.6 Å². The maximum atomic E-state index is 7.00. The Morgan fingerprint density at radius 1 is 1.00 bits per heavy atom. The lowest BCUT2D eigenvalue weighted by molar-refractivity contribution is -0.214. The lowest BCUT2D eigenvalue weighted by Gasteiger charge is -2.60. The molecule has 0 bridgehead atoms. The normalized spacial score (nSPS) is 37.4. The van der Waals surface area contributed by atoms with Crippen LogP contribution in [0.4, 0.5) is 0 Å². The van der Waals surface area contributed by atoms with Gasteiger partial charge in [-0.25, -0.2) is 0 Å². The molecule has 0 saturated heterocycles. The van der Waals surface area contributed by atoms with Gasteiger partial charge in [0.2, 0.25) is 0 Å². The van der Waals surface area contributed by atoms with Gasteiger partial charge in [-0.05, 0) is 123 Å². The Morgan fingerprint density at radius 3 is 2.30 bits per heavy atom. The predicted octanol–water partition coefficient (Wildman–Crippen LogP) is 9.44. The lowest BCUT2D eigenvalue weighted by atomic mass is 9.46. The van der Waals surface area contributed by atoms with E-state index in [-0.39, 0.29) is 33.7 Å².